The lowest BCUT2D eigenvalue weighted by molar-refractivity contribution is -0.328. The molecule has 0 amide bonds. The van der Waals surface area contributed by atoms with Gasteiger partial charge in [0.15, 0.2) is 12.6 Å². The van der Waals surface area contributed by atoms with Crippen LogP contribution in [0.5, 0.6) is 0 Å². The third-order valence-corrected chi connectivity index (χ3v) is 8.98. The van der Waals surface area contributed by atoms with Gasteiger partial charge in [-0.1, -0.05) is 6.08 Å². The highest BCUT2D eigenvalue weighted by Crippen LogP contribution is 2.33. The summed E-state index contributed by atoms with van der Waals surface area (Å²) in [7, 11) is 0. The lowest BCUT2D eigenvalue weighted by atomic mass is 9.78. The Balaban J connectivity index is 1.44. The zero-order valence-corrected chi connectivity index (χ0v) is 24.0. The van der Waals surface area contributed by atoms with Crippen LogP contribution >= 0.6 is 0 Å². The number of rotatable bonds is 10. The Kier molecular flexibility index (Phi) is 12.7. The smallest absolute Gasteiger partial charge is 0.187 e. The second kappa shape index (κ2) is 15.5. The van der Waals surface area contributed by atoms with Crippen molar-refractivity contribution in [2.45, 2.75) is 117 Å². The van der Waals surface area contributed by atoms with Crippen LogP contribution in [0.1, 0.15) is 6.42 Å². The quantitative estimate of drug-likeness (QED) is 0.0968. The van der Waals surface area contributed by atoms with Gasteiger partial charge >= 0.3 is 0 Å². The molecule has 1 saturated carbocycles. The van der Waals surface area contributed by atoms with E-state index in [9.17, 15) is 71.5 Å². The number of nitrogens with one attached hydrogen (secondary N) is 1. The molecule has 4 rings (SSSR count). The highest BCUT2D eigenvalue weighted by atomic mass is 16.7. The fraction of sp³-hybridized carbons (Fsp3) is 0.923. The first-order valence-corrected chi connectivity index (χ1v) is 14.6. The average molecular weight is 660 g/mol. The van der Waals surface area contributed by atoms with E-state index < -0.39 is 142 Å². The second-order valence-electron chi connectivity index (χ2n) is 11.9. The Labute approximate surface area is 256 Å². The summed E-state index contributed by atoms with van der Waals surface area (Å²) < 4.78 is 21.7. The van der Waals surface area contributed by atoms with Crippen molar-refractivity contribution in [1.82, 2.24) is 5.32 Å². The Morgan fingerprint density at radius 1 is 0.622 bits per heavy atom. The van der Waals surface area contributed by atoms with Crippen LogP contribution in [0.3, 0.4) is 0 Å². The highest BCUT2D eigenvalue weighted by Gasteiger charge is 2.51. The molecule has 3 fully saturated rings. The molecule has 0 unspecified atom stereocenters. The predicted octanol–water partition coefficient (Wildman–Crippen LogP) is -8.93. The van der Waals surface area contributed by atoms with Gasteiger partial charge in [-0.2, -0.15) is 0 Å². The van der Waals surface area contributed by atoms with E-state index in [0.29, 0.717) is 0 Å². The van der Waals surface area contributed by atoms with E-state index in [0.717, 1.165) is 0 Å². The Hall–Kier alpha value is -1.02. The van der Waals surface area contributed by atoms with Gasteiger partial charge in [0.2, 0.25) is 0 Å². The van der Waals surface area contributed by atoms with E-state index in [1.54, 1.807) is 0 Å². The van der Waals surface area contributed by atoms with Crippen LogP contribution in [-0.4, -0.2) is 208 Å². The van der Waals surface area contributed by atoms with Crippen LogP contribution < -0.4 is 5.32 Å². The molecule has 0 radical (unpaired) electrons. The SMILES string of the molecule is OC[C@H]1C[C@@H](N[C@@H]2C=C(CO[C@@H]3O[C@H](CO)[C@@H](O)[C@H](O)[C@@H]3O)[C@H](O)[C@@H](O)[C@H]2O)[C@H](O)[C@@H](O)[C@@H]1O[C@@H]1O[C@H](CO)[C@@H](O)[C@H](O)[C@H]1O. The molecule has 19 nitrogen and oxygen atoms in total. The minimum Gasteiger partial charge on any atom is -0.396 e. The molecule has 4 aliphatic rings. The molecule has 2 heterocycles. The fourth-order valence-electron chi connectivity index (χ4n) is 6.14. The van der Waals surface area contributed by atoms with Crippen LogP contribution in [0, 0.1) is 5.92 Å². The van der Waals surface area contributed by atoms with E-state index in [1.165, 1.54) is 6.08 Å². The zero-order valence-electron chi connectivity index (χ0n) is 24.0. The van der Waals surface area contributed by atoms with E-state index in [-0.39, 0.29) is 12.0 Å². The summed E-state index contributed by atoms with van der Waals surface area (Å²) >= 11 is 0. The van der Waals surface area contributed by atoms with Gasteiger partial charge < -0.3 is 95.8 Å². The maximum absolute atomic E-state index is 11.0. The van der Waals surface area contributed by atoms with Gasteiger partial charge in [0, 0.05) is 18.6 Å². The van der Waals surface area contributed by atoms with Crippen LogP contribution in [0.15, 0.2) is 11.6 Å². The number of aliphatic hydroxyl groups is 14. The van der Waals surface area contributed by atoms with Crippen molar-refractivity contribution in [3.05, 3.63) is 11.6 Å². The molecule has 15 N–H and O–H groups in total. The maximum Gasteiger partial charge on any atom is 0.187 e. The Morgan fingerprint density at radius 2 is 1.18 bits per heavy atom. The first kappa shape index (κ1) is 36.8. The van der Waals surface area contributed by atoms with E-state index in [1.807, 2.05) is 0 Å². The molecule has 19 heteroatoms. The molecular formula is C26H45NO18. The third kappa shape index (κ3) is 7.52. The van der Waals surface area contributed by atoms with Crippen LogP contribution in [0.25, 0.3) is 0 Å². The van der Waals surface area contributed by atoms with Crippen molar-refractivity contribution in [1.29, 1.82) is 0 Å². The largest absolute Gasteiger partial charge is 0.396 e. The van der Waals surface area contributed by atoms with Gasteiger partial charge in [-0.3, -0.25) is 0 Å². The fourth-order valence-corrected chi connectivity index (χ4v) is 6.14. The normalized spacial score (nSPS) is 51.2. The molecule has 0 aromatic heterocycles. The van der Waals surface area contributed by atoms with Crippen molar-refractivity contribution in [3.8, 4) is 0 Å². The van der Waals surface area contributed by atoms with Gasteiger partial charge in [0.25, 0.3) is 0 Å². The Bertz CT molecular complexity index is 972. The van der Waals surface area contributed by atoms with E-state index in [2.05, 4.69) is 5.32 Å². The molecule has 0 aromatic carbocycles. The van der Waals surface area contributed by atoms with Crippen molar-refractivity contribution < 1.29 is 90.4 Å². The van der Waals surface area contributed by atoms with E-state index >= 15 is 0 Å². The molecular weight excluding hydrogens is 614 g/mol. The van der Waals surface area contributed by atoms with Crippen LogP contribution in [0.2, 0.25) is 0 Å². The topological polar surface area (TPSA) is 332 Å². The second-order valence-corrected chi connectivity index (χ2v) is 11.9. The molecule has 0 spiro atoms. The summed E-state index contributed by atoms with van der Waals surface area (Å²) in [4.78, 5) is 0. The first-order valence-electron chi connectivity index (χ1n) is 14.6. The predicted molar refractivity (Wildman–Crippen MR) is 142 cm³/mol. The van der Waals surface area contributed by atoms with Gasteiger partial charge in [-0.15, -0.1) is 0 Å². The maximum atomic E-state index is 11.0. The number of hydrogen-bond donors (Lipinski definition) is 15. The summed E-state index contributed by atoms with van der Waals surface area (Å²) in [6, 6.07) is -2.23. The van der Waals surface area contributed by atoms with Crippen molar-refractivity contribution in [2.24, 2.45) is 5.92 Å². The molecule has 2 aliphatic carbocycles. The molecule has 19 atom stereocenters. The van der Waals surface area contributed by atoms with Crippen molar-refractivity contribution >= 4 is 0 Å². The van der Waals surface area contributed by atoms with Crippen molar-refractivity contribution in [3.63, 3.8) is 0 Å². The van der Waals surface area contributed by atoms with Gasteiger partial charge in [0.1, 0.15) is 73.2 Å². The van der Waals surface area contributed by atoms with Crippen molar-refractivity contribution in [2.75, 3.05) is 26.4 Å². The minimum atomic E-state index is -1.80. The molecule has 2 saturated heterocycles. The summed E-state index contributed by atoms with van der Waals surface area (Å²) in [5, 5.41) is 146. The highest BCUT2D eigenvalue weighted by molar-refractivity contribution is 5.22. The lowest BCUT2D eigenvalue weighted by Crippen LogP contribution is -2.66. The van der Waals surface area contributed by atoms with Gasteiger partial charge in [0.05, 0.1) is 38.1 Å². The summed E-state index contributed by atoms with van der Waals surface area (Å²) in [6.45, 7) is -2.56. The number of hydrogen-bond acceptors (Lipinski definition) is 19. The molecule has 0 aromatic rings. The lowest BCUT2D eigenvalue weighted by Gasteiger charge is -2.47. The molecule has 262 valence electrons. The number of aliphatic hydroxyl groups excluding tert-OH is 14. The average Bonchev–Trinajstić information content (AvgIpc) is 3.03. The summed E-state index contributed by atoms with van der Waals surface area (Å²) in [5.41, 5.74) is -0.0179. The summed E-state index contributed by atoms with van der Waals surface area (Å²) in [5.74, 6) is -0.928. The first-order chi connectivity index (χ1) is 21.2. The molecule has 45 heavy (non-hydrogen) atoms. The summed E-state index contributed by atoms with van der Waals surface area (Å²) in [6.07, 6.45) is -24.7. The molecule has 2 aliphatic heterocycles. The zero-order chi connectivity index (χ0) is 33.3. The van der Waals surface area contributed by atoms with Crippen LogP contribution in [-0.2, 0) is 18.9 Å². The van der Waals surface area contributed by atoms with Crippen LogP contribution in [0.4, 0.5) is 0 Å². The Morgan fingerprint density at radius 3 is 1.73 bits per heavy atom. The van der Waals surface area contributed by atoms with E-state index in [4.69, 9.17) is 18.9 Å². The van der Waals surface area contributed by atoms with Gasteiger partial charge in [-0.05, 0) is 12.0 Å². The monoisotopic (exact) mass is 659 g/mol. The third-order valence-electron chi connectivity index (χ3n) is 8.98. The molecule has 0 bridgehead atoms. The minimum absolute atomic E-state index is 0.0179. The van der Waals surface area contributed by atoms with Gasteiger partial charge in [-0.25, -0.2) is 0 Å². The standard InChI is InChI=1S/C26H45NO18/c28-3-7-1-9(15(33)21(39)24(7)45-26-23(41)20(38)17(35)12(5-30)44-26)27-10-2-8(13(31)18(36)14(10)32)6-42-25-22(40)19(37)16(34)11(4-29)43-25/h2,7,9-41H,1,3-6H2/t7-,9-,10-,11-,12-,13+,14+,15+,16-,17-,18-,19+,20+,21-,22+,23-,24-,25-,26+/m1/s1. The number of ether oxygens (including phenoxy) is 4.